The van der Waals surface area contributed by atoms with Gasteiger partial charge in [0.15, 0.2) is 0 Å². The van der Waals surface area contributed by atoms with Gasteiger partial charge in [-0.25, -0.2) is 0 Å². The summed E-state index contributed by atoms with van der Waals surface area (Å²) in [6.45, 7) is 6.98. The van der Waals surface area contributed by atoms with Crippen molar-refractivity contribution in [3.63, 3.8) is 0 Å². The number of nitrogens with one attached hydrogen (secondary N) is 1. The van der Waals surface area contributed by atoms with E-state index < -0.39 is 0 Å². The molecule has 0 radical (unpaired) electrons. The molecule has 0 spiro atoms. The minimum absolute atomic E-state index is 0.185. The first kappa shape index (κ1) is 14.4. The van der Waals surface area contributed by atoms with E-state index in [1.54, 1.807) is 7.11 Å². The van der Waals surface area contributed by atoms with Gasteiger partial charge in [0.1, 0.15) is 0 Å². The van der Waals surface area contributed by atoms with E-state index in [0.717, 1.165) is 32.6 Å². The number of nitrogens with zero attached hydrogens (tertiary/aromatic N) is 1. The van der Waals surface area contributed by atoms with Gasteiger partial charge in [0.2, 0.25) is 0 Å². The number of hydrogen-bond acceptors (Lipinski definition) is 5. The molecular weight excluding hydrogens is 220 g/mol. The van der Waals surface area contributed by atoms with Crippen LogP contribution in [0.25, 0.3) is 0 Å². The summed E-state index contributed by atoms with van der Waals surface area (Å²) in [5, 5.41) is 3.37. The number of carbonyl (C=O) groups is 1. The van der Waals surface area contributed by atoms with Crippen LogP contribution in [0.3, 0.4) is 0 Å². The molecule has 100 valence electrons. The molecule has 0 amide bonds. The lowest BCUT2D eigenvalue weighted by Crippen LogP contribution is -2.42. The summed E-state index contributed by atoms with van der Waals surface area (Å²) in [5.41, 5.74) is 0.252. The van der Waals surface area contributed by atoms with Crippen LogP contribution in [0.5, 0.6) is 0 Å². The largest absolute Gasteiger partial charge is 0.468 e. The first-order valence-corrected chi connectivity index (χ1v) is 6.08. The van der Waals surface area contributed by atoms with E-state index >= 15 is 0 Å². The molecule has 1 N–H and O–H groups in total. The fourth-order valence-corrected chi connectivity index (χ4v) is 2.23. The molecule has 5 nitrogen and oxygen atoms in total. The Labute approximate surface area is 103 Å². The van der Waals surface area contributed by atoms with Crippen molar-refractivity contribution in [3.05, 3.63) is 0 Å². The highest BCUT2D eigenvalue weighted by atomic mass is 16.5. The summed E-state index contributed by atoms with van der Waals surface area (Å²) in [7, 11) is 3.10. The van der Waals surface area contributed by atoms with E-state index in [9.17, 15) is 4.79 Å². The van der Waals surface area contributed by atoms with Crippen LogP contribution < -0.4 is 5.32 Å². The lowest BCUT2D eigenvalue weighted by molar-refractivity contribution is -0.142. The summed E-state index contributed by atoms with van der Waals surface area (Å²) in [6.07, 6.45) is 1.15. The molecule has 1 aliphatic heterocycles. The monoisotopic (exact) mass is 244 g/mol. The number of ether oxygens (including phenoxy) is 2. The number of carbonyl (C=O) groups excluding carboxylic acids is 1. The van der Waals surface area contributed by atoms with Crippen LogP contribution >= 0.6 is 0 Å². The zero-order chi connectivity index (χ0) is 12.7. The van der Waals surface area contributed by atoms with Crippen LogP contribution in [0, 0.1) is 5.41 Å². The molecular formula is C12H24N2O3. The van der Waals surface area contributed by atoms with Crippen molar-refractivity contribution < 1.29 is 14.3 Å². The van der Waals surface area contributed by atoms with E-state index in [2.05, 4.69) is 17.1 Å². The van der Waals surface area contributed by atoms with Gasteiger partial charge in [0.05, 0.1) is 20.3 Å². The molecule has 1 aliphatic rings. The molecule has 1 saturated heterocycles. The number of methoxy groups -OCH3 is 2. The molecule has 0 aromatic heterocycles. The van der Waals surface area contributed by atoms with Gasteiger partial charge >= 0.3 is 5.97 Å². The van der Waals surface area contributed by atoms with Crippen molar-refractivity contribution in [2.75, 3.05) is 53.6 Å². The maximum Gasteiger partial charge on any atom is 0.319 e. The molecule has 1 fully saturated rings. The topological polar surface area (TPSA) is 50.8 Å². The predicted octanol–water partition coefficient (Wildman–Crippen LogP) is 0.107. The lowest BCUT2D eigenvalue weighted by Gasteiger charge is -2.31. The molecule has 0 aromatic carbocycles. The summed E-state index contributed by atoms with van der Waals surface area (Å²) >= 11 is 0. The van der Waals surface area contributed by atoms with E-state index in [1.807, 2.05) is 0 Å². The first-order chi connectivity index (χ1) is 8.09. The second kappa shape index (κ2) is 6.93. The molecule has 1 atom stereocenters. The Bertz CT molecular complexity index is 240. The highest BCUT2D eigenvalue weighted by Crippen LogP contribution is 2.25. The maximum absolute atomic E-state index is 11.3. The van der Waals surface area contributed by atoms with Gasteiger partial charge in [-0.3, -0.25) is 9.69 Å². The third kappa shape index (κ3) is 5.02. The Morgan fingerprint density at radius 2 is 2.24 bits per heavy atom. The van der Waals surface area contributed by atoms with Gasteiger partial charge in [-0.15, -0.1) is 0 Å². The van der Waals surface area contributed by atoms with Crippen LogP contribution in [0.2, 0.25) is 0 Å². The summed E-state index contributed by atoms with van der Waals surface area (Å²) in [4.78, 5) is 13.5. The zero-order valence-corrected chi connectivity index (χ0v) is 11.1. The van der Waals surface area contributed by atoms with Gasteiger partial charge in [-0.2, -0.15) is 0 Å². The maximum atomic E-state index is 11.3. The van der Waals surface area contributed by atoms with Crippen LogP contribution in [0.4, 0.5) is 0 Å². The quantitative estimate of drug-likeness (QED) is 0.644. The van der Waals surface area contributed by atoms with E-state index in [4.69, 9.17) is 9.47 Å². The minimum Gasteiger partial charge on any atom is -0.468 e. The highest BCUT2D eigenvalue weighted by Gasteiger charge is 2.31. The Morgan fingerprint density at radius 1 is 1.47 bits per heavy atom. The zero-order valence-electron chi connectivity index (χ0n) is 11.1. The average molecular weight is 244 g/mol. The Kier molecular flexibility index (Phi) is 5.88. The standard InChI is InChI=1S/C12H24N2O3/c1-12(4-5-13-9-12)10-14(6-7-16-2)8-11(15)17-3/h13H,4-10H2,1-3H3. The van der Waals surface area contributed by atoms with Gasteiger partial charge in [0, 0.05) is 26.7 Å². The molecule has 0 aromatic rings. The van der Waals surface area contributed by atoms with Crippen LogP contribution in [0.1, 0.15) is 13.3 Å². The average Bonchev–Trinajstić information content (AvgIpc) is 2.72. The second-order valence-corrected chi connectivity index (χ2v) is 5.02. The Hall–Kier alpha value is -0.650. The van der Waals surface area contributed by atoms with Crippen LogP contribution in [-0.2, 0) is 14.3 Å². The molecule has 17 heavy (non-hydrogen) atoms. The predicted molar refractivity (Wildman–Crippen MR) is 65.9 cm³/mol. The summed E-state index contributed by atoms with van der Waals surface area (Å²) in [6, 6.07) is 0. The van der Waals surface area contributed by atoms with Crippen molar-refractivity contribution in [2.45, 2.75) is 13.3 Å². The van der Waals surface area contributed by atoms with Crippen LogP contribution in [0.15, 0.2) is 0 Å². The fourth-order valence-electron chi connectivity index (χ4n) is 2.23. The van der Waals surface area contributed by atoms with E-state index in [0.29, 0.717) is 13.2 Å². The van der Waals surface area contributed by atoms with Gasteiger partial charge < -0.3 is 14.8 Å². The first-order valence-electron chi connectivity index (χ1n) is 6.08. The van der Waals surface area contributed by atoms with Gasteiger partial charge in [-0.1, -0.05) is 6.92 Å². The molecule has 1 unspecified atom stereocenters. The number of esters is 1. The smallest absolute Gasteiger partial charge is 0.319 e. The lowest BCUT2D eigenvalue weighted by atomic mass is 9.89. The van der Waals surface area contributed by atoms with E-state index in [-0.39, 0.29) is 11.4 Å². The second-order valence-electron chi connectivity index (χ2n) is 5.02. The van der Waals surface area contributed by atoms with Crippen molar-refractivity contribution >= 4 is 5.97 Å². The normalized spacial score (nSPS) is 24.2. The fraction of sp³-hybridized carbons (Fsp3) is 0.917. The van der Waals surface area contributed by atoms with Crippen molar-refractivity contribution in [3.8, 4) is 0 Å². The Morgan fingerprint density at radius 3 is 2.76 bits per heavy atom. The van der Waals surface area contributed by atoms with Crippen molar-refractivity contribution in [2.24, 2.45) is 5.41 Å². The Balaban J connectivity index is 2.46. The minimum atomic E-state index is -0.185. The van der Waals surface area contributed by atoms with Crippen LogP contribution in [-0.4, -0.2) is 64.4 Å². The third-order valence-electron chi connectivity index (χ3n) is 3.25. The van der Waals surface area contributed by atoms with E-state index in [1.165, 1.54) is 7.11 Å². The summed E-state index contributed by atoms with van der Waals surface area (Å²) < 4.78 is 9.80. The number of hydrogen-bond donors (Lipinski definition) is 1. The SMILES string of the molecule is COCCN(CC(=O)OC)CC1(C)CCNC1. The van der Waals surface area contributed by atoms with Crippen molar-refractivity contribution in [1.82, 2.24) is 10.2 Å². The molecule has 1 heterocycles. The van der Waals surface area contributed by atoms with Gasteiger partial charge in [0.25, 0.3) is 0 Å². The highest BCUT2D eigenvalue weighted by molar-refractivity contribution is 5.71. The molecule has 5 heteroatoms. The number of rotatable bonds is 7. The third-order valence-corrected chi connectivity index (χ3v) is 3.25. The molecule has 0 saturated carbocycles. The van der Waals surface area contributed by atoms with Gasteiger partial charge in [-0.05, 0) is 18.4 Å². The molecule has 0 bridgehead atoms. The molecule has 1 rings (SSSR count). The van der Waals surface area contributed by atoms with Crippen molar-refractivity contribution in [1.29, 1.82) is 0 Å². The summed E-state index contributed by atoms with van der Waals surface area (Å²) in [5.74, 6) is -0.185. The molecule has 0 aliphatic carbocycles.